The van der Waals surface area contributed by atoms with Crippen LogP contribution in [0.3, 0.4) is 0 Å². The van der Waals surface area contributed by atoms with Crippen LogP contribution in [0.5, 0.6) is 5.75 Å². The summed E-state index contributed by atoms with van der Waals surface area (Å²) < 4.78 is 75.1. The van der Waals surface area contributed by atoms with Gasteiger partial charge in [-0.2, -0.15) is 31.4 Å². The molecule has 2 aromatic heterocycles. The second-order valence-corrected chi connectivity index (χ2v) is 6.97. The molecule has 3 rings (SSSR count). The molecule has 0 saturated heterocycles. The summed E-state index contributed by atoms with van der Waals surface area (Å²) in [6.07, 6.45) is -5.82. The van der Waals surface area contributed by atoms with Gasteiger partial charge < -0.3 is 15.2 Å². The number of carboxylic acids is 1. The maximum absolute atomic E-state index is 12.4. The normalized spacial score (nSPS) is 11.3. The van der Waals surface area contributed by atoms with E-state index in [2.05, 4.69) is 15.4 Å². The van der Waals surface area contributed by atoms with Crippen LogP contribution < -0.4 is 10.1 Å². The van der Waals surface area contributed by atoms with E-state index in [1.54, 1.807) is 30.3 Å². The van der Waals surface area contributed by atoms with Gasteiger partial charge in [0.1, 0.15) is 24.6 Å². The number of anilines is 1. The third kappa shape index (κ3) is 9.52. The lowest BCUT2D eigenvalue weighted by Gasteiger charge is -2.09. The van der Waals surface area contributed by atoms with E-state index >= 15 is 0 Å². The van der Waals surface area contributed by atoms with E-state index in [9.17, 15) is 31.1 Å². The number of para-hydroxylation sites is 1. The molecule has 188 valence electrons. The van der Waals surface area contributed by atoms with Crippen LogP contribution in [-0.2, 0) is 17.9 Å². The highest BCUT2D eigenvalue weighted by Crippen LogP contribution is 2.24. The standard InChI is InChI=1S/C18H14ClF3N4O2.C2HF3O2/c19-14-3-1-2-4-16(14)28-10-12-5-6-23-15(7-12)17(27)25-13-8-24-26(9-13)11-18(20,21)22;3-2(4,5)1(6)7/h1-9H,10-11H2,(H,25,27);(H,6,7). The van der Waals surface area contributed by atoms with Crippen molar-refractivity contribution in [2.24, 2.45) is 0 Å². The summed E-state index contributed by atoms with van der Waals surface area (Å²) in [5.41, 5.74) is 0.894. The van der Waals surface area contributed by atoms with E-state index in [-0.39, 0.29) is 18.0 Å². The molecule has 35 heavy (non-hydrogen) atoms. The number of carboxylic acid groups (broad SMARTS) is 1. The van der Waals surface area contributed by atoms with Gasteiger partial charge in [0.25, 0.3) is 5.91 Å². The molecule has 0 aliphatic heterocycles. The number of hydrogen-bond donors (Lipinski definition) is 2. The number of amides is 1. The highest BCUT2D eigenvalue weighted by molar-refractivity contribution is 6.32. The molecule has 0 radical (unpaired) electrons. The van der Waals surface area contributed by atoms with Crippen molar-refractivity contribution in [2.75, 3.05) is 5.32 Å². The number of benzene rings is 1. The first-order valence-electron chi connectivity index (χ1n) is 9.27. The largest absolute Gasteiger partial charge is 0.490 e. The molecule has 0 aliphatic carbocycles. The van der Waals surface area contributed by atoms with Crippen molar-refractivity contribution >= 4 is 29.2 Å². The highest BCUT2D eigenvalue weighted by atomic mass is 35.5. The van der Waals surface area contributed by atoms with Gasteiger partial charge in [0.05, 0.1) is 16.9 Å². The SMILES string of the molecule is O=C(Nc1cnn(CC(F)(F)F)c1)c1cc(COc2ccccc2Cl)ccn1.O=C(O)C(F)(F)F. The number of rotatable bonds is 6. The van der Waals surface area contributed by atoms with Crippen LogP contribution in [-0.4, -0.2) is 44.1 Å². The third-order valence-corrected chi connectivity index (χ3v) is 4.08. The number of hydrogen-bond acceptors (Lipinski definition) is 5. The Kier molecular flexibility index (Phi) is 9.05. The van der Waals surface area contributed by atoms with E-state index in [4.69, 9.17) is 26.2 Å². The van der Waals surface area contributed by atoms with Crippen LogP contribution in [0.1, 0.15) is 16.1 Å². The van der Waals surface area contributed by atoms with Crippen LogP contribution in [0.15, 0.2) is 55.0 Å². The second-order valence-electron chi connectivity index (χ2n) is 6.57. The summed E-state index contributed by atoms with van der Waals surface area (Å²) in [5, 5.41) is 13.6. The molecule has 0 saturated carbocycles. The number of carbonyl (C=O) groups is 2. The predicted molar refractivity (Wildman–Crippen MR) is 110 cm³/mol. The third-order valence-electron chi connectivity index (χ3n) is 3.76. The van der Waals surface area contributed by atoms with Crippen LogP contribution in [0, 0.1) is 0 Å². The average Bonchev–Trinajstić information content (AvgIpc) is 3.18. The number of halogens is 7. The summed E-state index contributed by atoms with van der Waals surface area (Å²) in [7, 11) is 0. The van der Waals surface area contributed by atoms with E-state index in [1.807, 2.05) is 0 Å². The molecule has 8 nitrogen and oxygen atoms in total. The van der Waals surface area contributed by atoms with Crippen molar-refractivity contribution in [3.8, 4) is 5.75 Å². The molecule has 1 aromatic carbocycles. The number of alkyl halides is 6. The fourth-order valence-corrected chi connectivity index (χ4v) is 2.49. The van der Waals surface area contributed by atoms with Crippen molar-refractivity contribution < 1.29 is 45.8 Å². The van der Waals surface area contributed by atoms with Crippen LogP contribution in [0.25, 0.3) is 0 Å². The molecule has 0 aliphatic rings. The van der Waals surface area contributed by atoms with E-state index in [1.165, 1.54) is 12.3 Å². The molecule has 0 bridgehead atoms. The van der Waals surface area contributed by atoms with E-state index < -0.39 is 30.8 Å². The summed E-state index contributed by atoms with van der Waals surface area (Å²) in [6.45, 7) is -1.08. The van der Waals surface area contributed by atoms with Gasteiger partial charge in [-0.15, -0.1) is 0 Å². The Morgan fingerprint density at radius 2 is 1.77 bits per heavy atom. The van der Waals surface area contributed by atoms with Gasteiger partial charge >= 0.3 is 18.3 Å². The zero-order chi connectivity index (χ0) is 26.2. The molecular weight excluding hydrogens is 510 g/mol. The number of aromatic nitrogens is 3. The minimum absolute atomic E-state index is 0.0869. The molecule has 0 fully saturated rings. The molecule has 15 heteroatoms. The number of pyridine rings is 1. The van der Waals surface area contributed by atoms with Crippen LogP contribution in [0.2, 0.25) is 5.02 Å². The molecule has 0 spiro atoms. The Morgan fingerprint density at radius 3 is 2.37 bits per heavy atom. The number of ether oxygens (including phenoxy) is 1. The van der Waals surface area contributed by atoms with E-state index in [0.717, 1.165) is 12.4 Å². The quantitative estimate of drug-likeness (QED) is 0.442. The Balaban J connectivity index is 0.000000540. The van der Waals surface area contributed by atoms with E-state index in [0.29, 0.717) is 21.0 Å². The highest BCUT2D eigenvalue weighted by Gasteiger charge is 2.38. The first-order chi connectivity index (χ1) is 16.2. The number of nitrogens with zero attached hydrogens (tertiary/aromatic N) is 3. The van der Waals surface area contributed by atoms with Gasteiger partial charge in [0.15, 0.2) is 0 Å². The van der Waals surface area contributed by atoms with Crippen molar-refractivity contribution in [3.05, 3.63) is 71.3 Å². The summed E-state index contributed by atoms with van der Waals surface area (Å²) in [4.78, 5) is 25.2. The molecule has 0 unspecified atom stereocenters. The number of aliphatic carboxylic acids is 1. The zero-order valence-corrected chi connectivity index (χ0v) is 18.0. The predicted octanol–water partition coefficient (Wildman–Crippen LogP) is 4.96. The van der Waals surface area contributed by atoms with Gasteiger partial charge in [0.2, 0.25) is 0 Å². The second kappa shape index (κ2) is 11.6. The minimum atomic E-state index is -5.08. The minimum Gasteiger partial charge on any atom is -0.487 e. The number of carbonyl (C=O) groups excluding carboxylic acids is 1. The van der Waals surface area contributed by atoms with Gasteiger partial charge in [-0.25, -0.2) is 4.79 Å². The number of nitrogens with one attached hydrogen (secondary N) is 1. The lowest BCUT2D eigenvalue weighted by molar-refractivity contribution is -0.192. The molecule has 2 N–H and O–H groups in total. The molecule has 2 heterocycles. The fourth-order valence-electron chi connectivity index (χ4n) is 2.30. The topological polar surface area (TPSA) is 106 Å². The molecule has 0 atom stereocenters. The fraction of sp³-hybridized carbons (Fsp3) is 0.200. The Bertz CT molecular complexity index is 1170. The maximum Gasteiger partial charge on any atom is 0.490 e. The van der Waals surface area contributed by atoms with Crippen molar-refractivity contribution in [1.82, 2.24) is 14.8 Å². The molecule has 3 aromatic rings. The van der Waals surface area contributed by atoms with Crippen molar-refractivity contribution in [3.63, 3.8) is 0 Å². The van der Waals surface area contributed by atoms with Crippen molar-refractivity contribution in [2.45, 2.75) is 25.5 Å². The van der Waals surface area contributed by atoms with Gasteiger partial charge in [-0.1, -0.05) is 23.7 Å². The van der Waals surface area contributed by atoms with Crippen LogP contribution in [0.4, 0.5) is 32.0 Å². The smallest absolute Gasteiger partial charge is 0.487 e. The summed E-state index contributed by atoms with van der Waals surface area (Å²) in [6, 6.07) is 10.2. The van der Waals surface area contributed by atoms with Gasteiger partial charge in [-0.3, -0.25) is 14.5 Å². The lowest BCUT2D eigenvalue weighted by atomic mass is 10.2. The average molecular weight is 525 g/mol. The monoisotopic (exact) mass is 524 g/mol. The maximum atomic E-state index is 12.4. The van der Waals surface area contributed by atoms with Gasteiger partial charge in [0, 0.05) is 12.4 Å². The first kappa shape index (κ1) is 27.4. The lowest BCUT2D eigenvalue weighted by Crippen LogP contribution is -2.21. The Morgan fingerprint density at radius 1 is 1.11 bits per heavy atom. The molecular formula is C20H15ClF6N4O4. The summed E-state index contributed by atoms with van der Waals surface area (Å²) in [5.74, 6) is -2.83. The van der Waals surface area contributed by atoms with Crippen molar-refractivity contribution in [1.29, 1.82) is 0 Å². The zero-order valence-electron chi connectivity index (χ0n) is 17.3. The molecule has 1 amide bonds. The summed E-state index contributed by atoms with van der Waals surface area (Å²) >= 11 is 6.02. The first-order valence-corrected chi connectivity index (χ1v) is 9.65. The Labute approximate surface area is 198 Å². The Hall–Kier alpha value is -3.81. The van der Waals surface area contributed by atoms with Gasteiger partial charge in [-0.05, 0) is 29.8 Å². The van der Waals surface area contributed by atoms with Crippen LogP contribution >= 0.6 is 11.6 Å².